The highest BCUT2D eigenvalue weighted by atomic mass is 16.2. The highest BCUT2D eigenvalue weighted by molar-refractivity contribution is 5.91. The number of carbonyl (C=O) groups is 2. The van der Waals surface area contributed by atoms with Crippen LogP contribution >= 0.6 is 0 Å². The Hall–Kier alpha value is -1.10. The molecule has 0 aromatic heterocycles. The minimum absolute atomic E-state index is 0.117. The van der Waals surface area contributed by atoms with Crippen LogP contribution in [0.15, 0.2) is 0 Å². The quantitative estimate of drug-likeness (QED) is 0.807. The van der Waals surface area contributed by atoms with Crippen LogP contribution in [0.4, 0.5) is 0 Å². The summed E-state index contributed by atoms with van der Waals surface area (Å²) in [6.07, 6.45) is 11.5. The van der Waals surface area contributed by atoms with Crippen molar-refractivity contribution in [3.8, 4) is 0 Å². The monoisotopic (exact) mass is 387 g/mol. The van der Waals surface area contributed by atoms with Crippen molar-refractivity contribution in [2.24, 2.45) is 29.1 Å². The highest BCUT2D eigenvalue weighted by Crippen LogP contribution is 2.60. The van der Waals surface area contributed by atoms with E-state index in [2.05, 4.69) is 10.2 Å². The maximum atomic E-state index is 13.8. The SMILES string of the molecule is CNCC1CCCN(C(=O)C2CCCN2C(=O)C23CC4CC(CC(C4)C2)C3)C1. The molecule has 0 radical (unpaired) electrons. The fourth-order valence-electron chi connectivity index (χ4n) is 7.88. The first-order valence-electron chi connectivity index (χ1n) is 11.8. The molecule has 6 fully saturated rings. The zero-order valence-corrected chi connectivity index (χ0v) is 17.5. The van der Waals surface area contributed by atoms with Crippen LogP contribution in [0, 0.1) is 29.1 Å². The van der Waals surface area contributed by atoms with E-state index in [0.717, 1.165) is 82.5 Å². The van der Waals surface area contributed by atoms with E-state index in [1.54, 1.807) is 0 Å². The number of nitrogens with zero attached hydrogens (tertiary/aromatic N) is 2. The van der Waals surface area contributed by atoms with Gasteiger partial charge in [0, 0.05) is 19.6 Å². The van der Waals surface area contributed by atoms with Crippen molar-refractivity contribution in [2.45, 2.75) is 70.3 Å². The predicted molar refractivity (Wildman–Crippen MR) is 109 cm³/mol. The zero-order valence-electron chi connectivity index (χ0n) is 17.5. The van der Waals surface area contributed by atoms with Crippen molar-refractivity contribution in [1.29, 1.82) is 0 Å². The molecular formula is C23H37N3O2. The molecule has 1 N–H and O–H groups in total. The third-order valence-corrected chi connectivity index (χ3v) is 8.61. The van der Waals surface area contributed by atoms with E-state index in [1.165, 1.54) is 25.7 Å². The number of piperidine rings is 1. The first-order chi connectivity index (χ1) is 13.6. The molecule has 5 heteroatoms. The van der Waals surface area contributed by atoms with Gasteiger partial charge in [-0.15, -0.1) is 0 Å². The van der Waals surface area contributed by atoms with Crippen LogP contribution in [0.1, 0.15) is 64.2 Å². The molecule has 28 heavy (non-hydrogen) atoms. The summed E-state index contributed by atoms with van der Waals surface area (Å²) < 4.78 is 0. The second kappa shape index (κ2) is 7.30. The van der Waals surface area contributed by atoms with Gasteiger partial charge in [-0.05, 0) is 101 Å². The van der Waals surface area contributed by atoms with Crippen molar-refractivity contribution in [3.63, 3.8) is 0 Å². The highest BCUT2D eigenvalue weighted by Gasteiger charge is 2.57. The third-order valence-electron chi connectivity index (χ3n) is 8.61. The van der Waals surface area contributed by atoms with Gasteiger partial charge in [-0.2, -0.15) is 0 Å². The zero-order chi connectivity index (χ0) is 19.3. The fourth-order valence-corrected chi connectivity index (χ4v) is 7.88. The lowest BCUT2D eigenvalue weighted by molar-refractivity contribution is -0.162. The van der Waals surface area contributed by atoms with E-state index in [0.29, 0.717) is 11.8 Å². The van der Waals surface area contributed by atoms with Crippen LogP contribution in [-0.2, 0) is 9.59 Å². The van der Waals surface area contributed by atoms with Gasteiger partial charge in [0.05, 0.1) is 5.41 Å². The minimum Gasteiger partial charge on any atom is -0.341 e. The summed E-state index contributed by atoms with van der Waals surface area (Å²) in [7, 11) is 1.99. The van der Waals surface area contributed by atoms with Crippen molar-refractivity contribution < 1.29 is 9.59 Å². The first-order valence-corrected chi connectivity index (χ1v) is 11.8. The van der Waals surface area contributed by atoms with Gasteiger partial charge in [0.15, 0.2) is 0 Å². The van der Waals surface area contributed by atoms with Gasteiger partial charge < -0.3 is 15.1 Å². The Morgan fingerprint density at radius 3 is 2.25 bits per heavy atom. The first kappa shape index (κ1) is 18.9. The third kappa shape index (κ3) is 3.18. The van der Waals surface area contributed by atoms with Crippen LogP contribution in [0.5, 0.6) is 0 Å². The Balaban J connectivity index is 1.30. The van der Waals surface area contributed by atoms with Gasteiger partial charge in [-0.1, -0.05) is 0 Å². The molecule has 2 saturated heterocycles. The average molecular weight is 388 g/mol. The van der Waals surface area contributed by atoms with E-state index < -0.39 is 0 Å². The second-order valence-electron chi connectivity index (χ2n) is 10.7. The van der Waals surface area contributed by atoms with Crippen LogP contribution in [0.2, 0.25) is 0 Å². The summed E-state index contributed by atoms with van der Waals surface area (Å²) >= 11 is 0. The molecule has 2 aliphatic heterocycles. The Kier molecular flexibility index (Phi) is 4.93. The summed E-state index contributed by atoms with van der Waals surface area (Å²) in [5.41, 5.74) is -0.117. The van der Waals surface area contributed by atoms with Gasteiger partial charge in [-0.3, -0.25) is 9.59 Å². The molecule has 2 heterocycles. The lowest BCUT2D eigenvalue weighted by Gasteiger charge is -2.56. The Morgan fingerprint density at radius 1 is 0.964 bits per heavy atom. The van der Waals surface area contributed by atoms with Crippen LogP contribution in [0.3, 0.4) is 0 Å². The molecular weight excluding hydrogens is 350 g/mol. The van der Waals surface area contributed by atoms with Gasteiger partial charge in [0.25, 0.3) is 0 Å². The van der Waals surface area contributed by atoms with Crippen LogP contribution in [-0.4, -0.2) is 60.9 Å². The van der Waals surface area contributed by atoms with Crippen LogP contribution < -0.4 is 5.32 Å². The normalized spacial score (nSPS) is 42.2. The van der Waals surface area contributed by atoms with Gasteiger partial charge in [-0.25, -0.2) is 0 Å². The summed E-state index contributed by atoms with van der Waals surface area (Å²) in [6, 6.07) is -0.186. The van der Waals surface area contributed by atoms with Gasteiger partial charge in [0.1, 0.15) is 6.04 Å². The number of nitrogens with one attached hydrogen (secondary N) is 1. The van der Waals surface area contributed by atoms with Crippen molar-refractivity contribution in [3.05, 3.63) is 0 Å². The number of amides is 2. The second-order valence-corrected chi connectivity index (χ2v) is 10.7. The summed E-state index contributed by atoms with van der Waals surface area (Å²) in [4.78, 5) is 31.3. The minimum atomic E-state index is -0.186. The standard InChI is InChI=1S/C23H37N3O2/c1-24-14-16-4-2-6-25(15-16)21(27)20-5-3-7-26(20)22(28)23-11-17-8-18(12-23)10-19(9-17)13-23/h16-20,24H,2-15H2,1H3. The molecule has 6 rings (SSSR count). The molecule has 156 valence electrons. The topological polar surface area (TPSA) is 52.7 Å². The fraction of sp³-hybridized carbons (Fsp3) is 0.913. The lowest BCUT2D eigenvalue weighted by atomic mass is 9.49. The molecule has 4 bridgehead atoms. The largest absolute Gasteiger partial charge is 0.341 e. The van der Waals surface area contributed by atoms with E-state index >= 15 is 0 Å². The van der Waals surface area contributed by atoms with Gasteiger partial charge >= 0.3 is 0 Å². The number of carbonyl (C=O) groups excluding carboxylic acids is 2. The van der Waals surface area contributed by atoms with Crippen molar-refractivity contribution in [1.82, 2.24) is 15.1 Å². The number of hydrogen-bond acceptors (Lipinski definition) is 3. The van der Waals surface area contributed by atoms with Crippen LogP contribution in [0.25, 0.3) is 0 Å². The Morgan fingerprint density at radius 2 is 1.61 bits per heavy atom. The van der Waals surface area contributed by atoms with E-state index in [-0.39, 0.29) is 17.4 Å². The predicted octanol–water partition coefficient (Wildman–Crippen LogP) is 2.65. The molecule has 6 aliphatic rings. The smallest absolute Gasteiger partial charge is 0.245 e. The summed E-state index contributed by atoms with van der Waals surface area (Å²) in [5, 5.41) is 3.27. The summed E-state index contributed by atoms with van der Waals surface area (Å²) in [6.45, 7) is 3.50. The molecule has 5 nitrogen and oxygen atoms in total. The summed E-state index contributed by atoms with van der Waals surface area (Å²) in [5.74, 6) is 3.46. The number of hydrogen-bond donors (Lipinski definition) is 1. The molecule has 4 saturated carbocycles. The molecule has 0 aromatic rings. The average Bonchev–Trinajstić information content (AvgIpc) is 3.16. The Labute approximate surface area is 169 Å². The van der Waals surface area contributed by atoms with Crippen molar-refractivity contribution >= 4 is 11.8 Å². The number of rotatable bonds is 4. The Bertz CT molecular complexity index is 596. The lowest BCUT2D eigenvalue weighted by Crippen LogP contribution is -2.58. The molecule has 4 aliphatic carbocycles. The van der Waals surface area contributed by atoms with E-state index in [4.69, 9.17) is 0 Å². The molecule has 0 spiro atoms. The number of likely N-dealkylation sites (tertiary alicyclic amines) is 2. The van der Waals surface area contributed by atoms with E-state index in [9.17, 15) is 9.59 Å². The maximum absolute atomic E-state index is 13.8. The molecule has 2 amide bonds. The molecule has 0 aromatic carbocycles. The van der Waals surface area contributed by atoms with E-state index in [1.807, 2.05) is 11.9 Å². The maximum Gasteiger partial charge on any atom is 0.245 e. The van der Waals surface area contributed by atoms with Gasteiger partial charge in [0.2, 0.25) is 11.8 Å². The van der Waals surface area contributed by atoms with Crippen molar-refractivity contribution in [2.75, 3.05) is 33.2 Å². The molecule has 2 atom stereocenters. The molecule has 2 unspecified atom stereocenters.